The Hall–Kier alpha value is -3.19. The van der Waals surface area contributed by atoms with Crippen molar-refractivity contribution in [3.8, 4) is 0 Å². The van der Waals surface area contributed by atoms with Crippen molar-refractivity contribution in [3.05, 3.63) is 60.2 Å². The van der Waals surface area contributed by atoms with Crippen molar-refractivity contribution in [3.63, 3.8) is 0 Å². The highest BCUT2D eigenvalue weighted by Crippen LogP contribution is 2.31. The maximum atomic E-state index is 12.7. The van der Waals surface area contributed by atoms with Gasteiger partial charge in [-0.15, -0.1) is 0 Å². The number of rotatable bonds is 4. The van der Waals surface area contributed by atoms with Crippen molar-refractivity contribution in [2.45, 2.75) is 25.5 Å². The number of amides is 2. The SMILES string of the molecule is C[C@@H]1CC(=O)Nc2ccccc2N1C(=O)COC(=O)[C@@H](O)c1ccccc1. The van der Waals surface area contributed by atoms with E-state index in [0.29, 0.717) is 16.9 Å². The minimum atomic E-state index is -1.46. The second kappa shape index (κ2) is 8.01. The predicted octanol–water partition coefficient (Wildman–Crippen LogP) is 2.03. The number of anilines is 2. The van der Waals surface area contributed by atoms with Crippen LogP contribution < -0.4 is 10.2 Å². The molecule has 0 aromatic heterocycles. The molecule has 2 amide bonds. The average molecular weight is 368 g/mol. The number of nitrogens with one attached hydrogen (secondary N) is 1. The van der Waals surface area contributed by atoms with E-state index in [1.165, 1.54) is 4.90 Å². The second-order valence-electron chi connectivity index (χ2n) is 6.30. The monoisotopic (exact) mass is 368 g/mol. The number of nitrogens with zero attached hydrogens (tertiary/aromatic N) is 1. The van der Waals surface area contributed by atoms with Gasteiger partial charge in [0.25, 0.3) is 5.91 Å². The third-order valence-corrected chi connectivity index (χ3v) is 4.30. The second-order valence-corrected chi connectivity index (χ2v) is 6.30. The Morgan fingerprint density at radius 3 is 2.59 bits per heavy atom. The number of benzene rings is 2. The van der Waals surface area contributed by atoms with Gasteiger partial charge in [-0.05, 0) is 24.6 Å². The number of aliphatic hydroxyl groups excluding tert-OH is 1. The van der Waals surface area contributed by atoms with Gasteiger partial charge in [0.1, 0.15) is 0 Å². The van der Waals surface area contributed by atoms with Crippen LogP contribution in [0, 0.1) is 0 Å². The van der Waals surface area contributed by atoms with Crippen LogP contribution in [0.5, 0.6) is 0 Å². The Morgan fingerprint density at radius 1 is 1.19 bits per heavy atom. The smallest absolute Gasteiger partial charge is 0.340 e. The number of hydrogen-bond donors (Lipinski definition) is 2. The van der Waals surface area contributed by atoms with Crippen molar-refractivity contribution >= 4 is 29.2 Å². The molecular weight excluding hydrogens is 348 g/mol. The number of para-hydroxylation sites is 2. The highest BCUT2D eigenvalue weighted by molar-refractivity contribution is 6.05. The Balaban J connectivity index is 1.72. The zero-order chi connectivity index (χ0) is 19.4. The van der Waals surface area contributed by atoms with E-state index >= 15 is 0 Å². The van der Waals surface area contributed by atoms with Crippen LogP contribution in [-0.4, -0.2) is 35.5 Å². The van der Waals surface area contributed by atoms with Gasteiger partial charge in [0.05, 0.1) is 11.4 Å². The number of esters is 1. The molecule has 2 aromatic rings. The van der Waals surface area contributed by atoms with Crippen LogP contribution in [0.3, 0.4) is 0 Å². The molecule has 0 aliphatic carbocycles. The zero-order valence-corrected chi connectivity index (χ0v) is 14.8. The number of carbonyl (C=O) groups is 3. The molecule has 0 unspecified atom stereocenters. The lowest BCUT2D eigenvalue weighted by atomic mass is 10.1. The van der Waals surface area contributed by atoms with Crippen LogP contribution in [0.15, 0.2) is 54.6 Å². The first-order chi connectivity index (χ1) is 13.0. The third kappa shape index (κ3) is 4.15. The molecule has 1 heterocycles. The van der Waals surface area contributed by atoms with Crippen LogP contribution in [0.1, 0.15) is 25.0 Å². The molecule has 0 fully saturated rings. The molecule has 0 saturated heterocycles. The molecule has 0 spiro atoms. The summed E-state index contributed by atoms with van der Waals surface area (Å²) in [6.07, 6.45) is -1.34. The van der Waals surface area contributed by atoms with Crippen LogP contribution in [0.25, 0.3) is 0 Å². The van der Waals surface area contributed by atoms with Crippen LogP contribution in [0.2, 0.25) is 0 Å². The van der Waals surface area contributed by atoms with E-state index in [1.807, 2.05) is 0 Å². The van der Waals surface area contributed by atoms with Gasteiger partial charge in [-0.1, -0.05) is 42.5 Å². The van der Waals surface area contributed by atoms with Gasteiger partial charge in [0.15, 0.2) is 12.7 Å². The number of hydrogen-bond acceptors (Lipinski definition) is 5. The highest BCUT2D eigenvalue weighted by Gasteiger charge is 2.30. The molecule has 7 nitrogen and oxygen atoms in total. The van der Waals surface area contributed by atoms with Crippen LogP contribution in [0.4, 0.5) is 11.4 Å². The molecule has 2 atom stereocenters. The largest absolute Gasteiger partial charge is 0.453 e. The van der Waals surface area contributed by atoms with Crippen molar-refractivity contribution < 1.29 is 24.2 Å². The van der Waals surface area contributed by atoms with Crippen molar-refractivity contribution in [1.29, 1.82) is 0 Å². The molecule has 0 saturated carbocycles. The Bertz CT molecular complexity index is 852. The van der Waals surface area contributed by atoms with E-state index in [0.717, 1.165) is 0 Å². The molecule has 140 valence electrons. The first kappa shape index (κ1) is 18.6. The molecule has 7 heteroatoms. The number of aliphatic hydroxyl groups is 1. The lowest BCUT2D eigenvalue weighted by Gasteiger charge is -2.27. The fourth-order valence-corrected chi connectivity index (χ4v) is 3.02. The van der Waals surface area contributed by atoms with E-state index in [1.54, 1.807) is 61.5 Å². The fraction of sp³-hybridized carbons (Fsp3) is 0.250. The van der Waals surface area contributed by atoms with Crippen molar-refractivity contribution in [2.75, 3.05) is 16.8 Å². The Kier molecular flexibility index (Phi) is 5.52. The summed E-state index contributed by atoms with van der Waals surface area (Å²) in [6, 6.07) is 14.9. The molecule has 0 radical (unpaired) electrons. The van der Waals surface area contributed by atoms with E-state index in [4.69, 9.17) is 4.74 Å². The van der Waals surface area contributed by atoms with Gasteiger partial charge in [0.2, 0.25) is 5.91 Å². The van der Waals surface area contributed by atoms with Crippen LogP contribution in [-0.2, 0) is 19.1 Å². The van der Waals surface area contributed by atoms with Crippen LogP contribution >= 0.6 is 0 Å². The lowest BCUT2D eigenvalue weighted by Crippen LogP contribution is -2.41. The first-order valence-corrected chi connectivity index (χ1v) is 8.58. The Labute approximate surface area is 156 Å². The van der Waals surface area contributed by atoms with Gasteiger partial charge in [-0.2, -0.15) is 0 Å². The molecule has 27 heavy (non-hydrogen) atoms. The summed E-state index contributed by atoms with van der Waals surface area (Å²) in [5.41, 5.74) is 1.45. The molecular formula is C20H20N2O5. The molecule has 3 rings (SSSR count). The average Bonchev–Trinajstić information content (AvgIpc) is 2.80. The minimum Gasteiger partial charge on any atom is -0.453 e. The number of carbonyl (C=O) groups excluding carboxylic acids is 3. The normalized spacial score (nSPS) is 17.3. The standard InChI is InChI=1S/C20H20N2O5/c1-13-11-17(23)21-15-9-5-6-10-16(15)22(13)18(24)12-27-20(26)19(25)14-7-3-2-4-8-14/h2-10,13,19,25H,11-12H2,1H3,(H,21,23)/t13-,19+/m1/s1. The molecule has 2 N–H and O–H groups in total. The predicted molar refractivity (Wildman–Crippen MR) is 99.0 cm³/mol. The summed E-state index contributed by atoms with van der Waals surface area (Å²) in [5, 5.41) is 12.8. The van der Waals surface area contributed by atoms with Gasteiger partial charge in [-0.3, -0.25) is 9.59 Å². The van der Waals surface area contributed by atoms with E-state index in [2.05, 4.69) is 5.32 Å². The fourth-order valence-electron chi connectivity index (χ4n) is 3.02. The van der Waals surface area contributed by atoms with Gasteiger partial charge >= 0.3 is 5.97 Å². The Morgan fingerprint density at radius 2 is 1.85 bits per heavy atom. The molecule has 2 aromatic carbocycles. The zero-order valence-electron chi connectivity index (χ0n) is 14.8. The van der Waals surface area contributed by atoms with E-state index in [9.17, 15) is 19.5 Å². The lowest BCUT2D eigenvalue weighted by molar-refractivity contribution is -0.156. The van der Waals surface area contributed by atoms with Crippen molar-refractivity contribution in [2.24, 2.45) is 0 Å². The third-order valence-electron chi connectivity index (χ3n) is 4.30. The van der Waals surface area contributed by atoms with Gasteiger partial charge < -0.3 is 20.1 Å². The summed E-state index contributed by atoms with van der Waals surface area (Å²) in [6.45, 7) is 1.22. The maximum absolute atomic E-state index is 12.7. The van der Waals surface area contributed by atoms with E-state index in [-0.39, 0.29) is 12.3 Å². The minimum absolute atomic E-state index is 0.126. The van der Waals surface area contributed by atoms with Gasteiger partial charge in [0, 0.05) is 12.5 Å². The van der Waals surface area contributed by atoms with Crippen molar-refractivity contribution in [1.82, 2.24) is 0 Å². The van der Waals surface area contributed by atoms with E-state index < -0.39 is 30.6 Å². The molecule has 1 aliphatic heterocycles. The molecule has 1 aliphatic rings. The summed E-state index contributed by atoms with van der Waals surface area (Å²) in [4.78, 5) is 38.2. The number of ether oxygens (including phenoxy) is 1. The summed E-state index contributed by atoms with van der Waals surface area (Å²) in [5.74, 6) is -1.57. The number of fused-ring (bicyclic) bond motifs is 1. The first-order valence-electron chi connectivity index (χ1n) is 8.58. The molecule has 0 bridgehead atoms. The summed E-state index contributed by atoms with van der Waals surface area (Å²) < 4.78 is 5.02. The highest BCUT2D eigenvalue weighted by atomic mass is 16.5. The topological polar surface area (TPSA) is 95.9 Å². The van der Waals surface area contributed by atoms with Gasteiger partial charge in [-0.25, -0.2) is 4.79 Å². The maximum Gasteiger partial charge on any atom is 0.340 e. The summed E-state index contributed by atoms with van der Waals surface area (Å²) in [7, 11) is 0. The quantitative estimate of drug-likeness (QED) is 0.805. The summed E-state index contributed by atoms with van der Waals surface area (Å²) >= 11 is 0.